The molecule has 0 saturated heterocycles. The molecule has 274 valence electrons. The number of aromatic nitrogens is 3. The van der Waals surface area contributed by atoms with Crippen molar-refractivity contribution in [3.8, 4) is 50.7 Å². The Balaban J connectivity index is 1.08. The largest absolute Gasteiger partial charge is 0.309 e. The van der Waals surface area contributed by atoms with Crippen LogP contribution in [0.25, 0.3) is 116 Å². The van der Waals surface area contributed by atoms with Gasteiger partial charge in [-0.25, -0.2) is 9.97 Å². The highest BCUT2D eigenvalue weighted by Gasteiger charge is 2.19. The molecule has 0 aliphatic carbocycles. The van der Waals surface area contributed by atoms with E-state index in [1.165, 1.54) is 64.9 Å². The summed E-state index contributed by atoms with van der Waals surface area (Å²) in [5.41, 5.74) is 10.7. The highest BCUT2D eigenvalue weighted by Crippen LogP contribution is 2.41. The van der Waals surface area contributed by atoms with Gasteiger partial charge in [-0.1, -0.05) is 170 Å². The molecule has 3 nitrogen and oxygen atoms in total. The summed E-state index contributed by atoms with van der Waals surface area (Å²) in [5.74, 6) is 0.701. The lowest BCUT2D eigenvalue weighted by Gasteiger charge is -2.16. The van der Waals surface area contributed by atoms with Crippen LogP contribution in [0, 0.1) is 0 Å². The van der Waals surface area contributed by atoms with Crippen molar-refractivity contribution in [2.45, 2.75) is 0 Å². The molecule has 10 aromatic carbocycles. The molecule has 2 aromatic heterocycles. The first kappa shape index (κ1) is 33.3. The summed E-state index contributed by atoms with van der Waals surface area (Å²) in [4.78, 5) is 10.6. The number of benzene rings is 10. The van der Waals surface area contributed by atoms with Crippen molar-refractivity contribution in [1.29, 1.82) is 0 Å². The first-order chi connectivity index (χ1) is 29.2. The van der Waals surface area contributed by atoms with Crippen molar-refractivity contribution < 1.29 is 0 Å². The second-order valence-electron chi connectivity index (χ2n) is 15.4. The molecule has 0 unspecified atom stereocenters. The minimum absolute atomic E-state index is 0.701. The molecule has 0 amide bonds. The zero-order chi connectivity index (χ0) is 38.9. The van der Waals surface area contributed by atoms with Gasteiger partial charge in [0.2, 0.25) is 0 Å². The Morgan fingerprint density at radius 2 is 0.864 bits per heavy atom. The molecule has 0 saturated carbocycles. The third-order valence-electron chi connectivity index (χ3n) is 11.9. The molecule has 12 rings (SSSR count). The predicted molar refractivity (Wildman–Crippen MR) is 248 cm³/mol. The zero-order valence-electron chi connectivity index (χ0n) is 32.0. The van der Waals surface area contributed by atoms with Crippen LogP contribution in [0.1, 0.15) is 0 Å². The van der Waals surface area contributed by atoms with Crippen LogP contribution in [0.4, 0.5) is 0 Å². The van der Waals surface area contributed by atoms with E-state index in [2.05, 4.69) is 211 Å². The van der Waals surface area contributed by atoms with E-state index >= 15 is 0 Å². The van der Waals surface area contributed by atoms with Gasteiger partial charge in [0.25, 0.3) is 0 Å². The molecule has 0 atom stereocenters. The van der Waals surface area contributed by atoms with Crippen LogP contribution in [0.3, 0.4) is 0 Å². The smallest absolute Gasteiger partial charge is 0.160 e. The maximum atomic E-state index is 5.34. The highest BCUT2D eigenvalue weighted by molar-refractivity contribution is 6.20. The van der Waals surface area contributed by atoms with Gasteiger partial charge in [-0.3, -0.25) is 0 Å². The van der Waals surface area contributed by atoms with Crippen molar-refractivity contribution >= 4 is 64.9 Å². The molecule has 2 heterocycles. The van der Waals surface area contributed by atoms with E-state index in [9.17, 15) is 0 Å². The predicted octanol–water partition coefficient (Wildman–Crippen LogP) is 14.9. The van der Waals surface area contributed by atoms with E-state index in [4.69, 9.17) is 9.97 Å². The second kappa shape index (κ2) is 13.4. The summed E-state index contributed by atoms with van der Waals surface area (Å²) in [6.07, 6.45) is 0. The molecule has 0 bridgehead atoms. The fourth-order valence-electron chi connectivity index (χ4n) is 9.10. The van der Waals surface area contributed by atoms with Gasteiger partial charge in [0.05, 0.1) is 22.4 Å². The lowest BCUT2D eigenvalue weighted by Crippen LogP contribution is -1.98. The molecular formula is C56H35N3. The summed E-state index contributed by atoms with van der Waals surface area (Å²) >= 11 is 0. The normalized spacial score (nSPS) is 11.7. The van der Waals surface area contributed by atoms with E-state index in [0.29, 0.717) is 5.82 Å². The van der Waals surface area contributed by atoms with Gasteiger partial charge < -0.3 is 4.57 Å². The topological polar surface area (TPSA) is 30.7 Å². The summed E-state index contributed by atoms with van der Waals surface area (Å²) in [6, 6.07) is 76.4. The Kier molecular flexibility index (Phi) is 7.54. The lowest BCUT2D eigenvalue weighted by molar-refractivity contribution is 1.18. The van der Waals surface area contributed by atoms with Crippen LogP contribution in [0.5, 0.6) is 0 Å². The van der Waals surface area contributed by atoms with Crippen molar-refractivity contribution in [3.05, 3.63) is 212 Å². The molecule has 0 fully saturated rings. The van der Waals surface area contributed by atoms with E-state index < -0.39 is 0 Å². The molecule has 3 heteroatoms. The molecule has 0 spiro atoms. The van der Waals surface area contributed by atoms with Gasteiger partial charge in [-0.05, 0) is 91.3 Å². The van der Waals surface area contributed by atoms with Crippen LogP contribution in [0.15, 0.2) is 212 Å². The quantitative estimate of drug-likeness (QED) is 0.175. The number of hydrogen-bond acceptors (Lipinski definition) is 2. The SMILES string of the molecule is c1ccc(-c2nc(-c3cc4ccccc4cc3-c3ccc(-n4c5cc6ccccc6cc5c5ccc6ccccc6c54)cc3)cc(-c3cccc4ccccc34)n2)cc1. The third-order valence-corrected chi connectivity index (χ3v) is 11.9. The fourth-order valence-corrected chi connectivity index (χ4v) is 9.10. The van der Waals surface area contributed by atoms with Crippen LogP contribution in [0.2, 0.25) is 0 Å². The monoisotopic (exact) mass is 749 g/mol. The standard InChI is InChI=1S/C56H35N3/c1-2-15-39(16-3-1)56-57-52(47-24-12-21-36-13-8-10-22-45(36)47)35-53(58-56)50-32-41-18-5-4-17-40(41)31-49(50)38-25-28-44(29-26-38)59-54-34-43-20-7-6-19-42(43)33-51(54)48-30-27-37-14-9-11-23-46(37)55(48)59/h1-35H. The van der Waals surface area contributed by atoms with E-state index in [1.807, 2.05) is 6.07 Å². The number of nitrogens with zero attached hydrogens (tertiary/aromatic N) is 3. The van der Waals surface area contributed by atoms with Gasteiger partial charge in [-0.2, -0.15) is 0 Å². The lowest BCUT2D eigenvalue weighted by atomic mass is 9.92. The van der Waals surface area contributed by atoms with Crippen molar-refractivity contribution in [1.82, 2.24) is 14.5 Å². The molecule has 0 aliphatic heterocycles. The first-order valence-electron chi connectivity index (χ1n) is 20.1. The van der Waals surface area contributed by atoms with Crippen LogP contribution >= 0.6 is 0 Å². The Bertz CT molecular complexity index is 3600. The molecule has 0 radical (unpaired) electrons. The van der Waals surface area contributed by atoms with Crippen molar-refractivity contribution in [3.63, 3.8) is 0 Å². The van der Waals surface area contributed by atoms with E-state index in [0.717, 1.165) is 44.9 Å². The molecule has 0 N–H and O–H groups in total. The highest BCUT2D eigenvalue weighted by atomic mass is 15.0. The minimum atomic E-state index is 0.701. The van der Waals surface area contributed by atoms with E-state index in [-0.39, 0.29) is 0 Å². The van der Waals surface area contributed by atoms with Crippen LogP contribution in [-0.4, -0.2) is 14.5 Å². The number of fused-ring (bicyclic) bond motifs is 8. The summed E-state index contributed by atoms with van der Waals surface area (Å²) in [6.45, 7) is 0. The van der Waals surface area contributed by atoms with Gasteiger partial charge in [-0.15, -0.1) is 0 Å². The summed E-state index contributed by atoms with van der Waals surface area (Å²) in [5, 5.41) is 12.2. The van der Waals surface area contributed by atoms with Gasteiger partial charge >= 0.3 is 0 Å². The van der Waals surface area contributed by atoms with Gasteiger partial charge in [0, 0.05) is 38.5 Å². The third kappa shape index (κ3) is 5.51. The maximum Gasteiger partial charge on any atom is 0.160 e. The molecular weight excluding hydrogens is 715 g/mol. The second-order valence-corrected chi connectivity index (χ2v) is 15.4. The Morgan fingerprint density at radius 1 is 0.305 bits per heavy atom. The van der Waals surface area contributed by atoms with Gasteiger partial charge in [0.15, 0.2) is 5.82 Å². The average molecular weight is 750 g/mol. The van der Waals surface area contributed by atoms with Crippen LogP contribution < -0.4 is 0 Å². The zero-order valence-corrected chi connectivity index (χ0v) is 32.0. The summed E-state index contributed by atoms with van der Waals surface area (Å²) in [7, 11) is 0. The molecule has 12 aromatic rings. The number of rotatable bonds is 5. The van der Waals surface area contributed by atoms with Crippen molar-refractivity contribution in [2.75, 3.05) is 0 Å². The van der Waals surface area contributed by atoms with E-state index in [1.54, 1.807) is 0 Å². The summed E-state index contributed by atoms with van der Waals surface area (Å²) < 4.78 is 2.46. The Morgan fingerprint density at radius 3 is 1.59 bits per heavy atom. The minimum Gasteiger partial charge on any atom is -0.309 e. The number of hydrogen-bond donors (Lipinski definition) is 0. The fraction of sp³-hybridized carbons (Fsp3) is 0. The van der Waals surface area contributed by atoms with Crippen molar-refractivity contribution in [2.24, 2.45) is 0 Å². The maximum absolute atomic E-state index is 5.34. The Hall–Kier alpha value is -7.88. The average Bonchev–Trinajstić information content (AvgIpc) is 3.63. The van der Waals surface area contributed by atoms with Crippen LogP contribution in [-0.2, 0) is 0 Å². The first-order valence-corrected chi connectivity index (χ1v) is 20.1. The Labute approximate surface area is 341 Å². The molecule has 59 heavy (non-hydrogen) atoms. The van der Waals surface area contributed by atoms with Gasteiger partial charge in [0.1, 0.15) is 0 Å². The molecule has 0 aliphatic rings.